The maximum atomic E-state index is 12.8. The molecule has 23 heavy (non-hydrogen) atoms. The molecule has 0 aromatic heterocycles. The van der Waals surface area contributed by atoms with Gasteiger partial charge in [-0.15, -0.1) is 0 Å². The van der Waals surface area contributed by atoms with Crippen LogP contribution in [0, 0.1) is 5.82 Å². The Morgan fingerprint density at radius 1 is 1.09 bits per heavy atom. The molecule has 5 heteroatoms. The molecule has 1 amide bonds. The second-order valence-electron chi connectivity index (χ2n) is 5.40. The molecule has 0 bridgehead atoms. The first kappa shape index (κ1) is 15.2. The molecule has 0 radical (unpaired) electrons. The Kier molecular flexibility index (Phi) is 4.66. The number of rotatable bonds is 4. The number of hydrazone groups is 1. The zero-order valence-corrected chi connectivity index (χ0v) is 12.6. The predicted octanol–water partition coefficient (Wildman–Crippen LogP) is 2.87. The van der Waals surface area contributed by atoms with Crippen LogP contribution in [-0.2, 0) is 17.6 Å². The van der Waals surface area contributed by atoms with E-state index in [-0.39, 0.29) is 18.3 Å². The number of carbonyl (C=O) groups excluding carboxylic acids is 1. The third-order valence-corrected chi connectivity index (χ3v) is 3.72. The fraction of sp³-hybridized carbons (Fsp3) is 0.222. The molecule has 1 aliphatic rings. The summed E-state index contributed by atoms with van der Waals surface area (Å²) in [5, 5.41) is 4.19. The molecule has 2 aromatic rings. The average molecular weight is 312 g/mol. The molecule has 0 heterocycles. The van der Waals surface area contributed by atoms with Crippen molar-refractivity contribution in [3.05, 3.63) is 65.5 Å². The Morgan fingerprint density at radius 2 is 1.83 bits per heavy atom. The summed E-state index contributed by atoms with van der Waals surface area (Å²) in [6, 6.07) is 13.8. The quantitative estimate of drug-likeness (QED) is 0.883. The summed E-state index contributed by atoms with van der Waals surface area (Å²) < 4.78 is 18.0. The number of nitrogens with zero attached hydrogens (tertiary/aromatic N) is 1. The monoisotopic (exact) mass is 312 g/mol. The Morgan fingerprint density at radius 3 is 2.61 bits per heavy atom. The van der Waals surface area contributed by atoms with Crippen molar-refractivity contribution in [2.45, 2.75) is 19.3 Å². The largest absolute Gasteiger partial charge is 0.484 e. The number of benzene rings is 2. The second-order valence-corrected chi connectivity index (χ2v) is 5.40. The van der Waals surface area contributed by atoms with E-state index in [1.54, 1.807) is 0 Å². The van der Waals surface area contributed by atoms with Crippen LogP contribution in [0.4, 0.5) is 4.39 Å². The molecule has 0 spiro atoms. The minimum absolute atomic E-state index is 0.154. The number of halogens is 1. The first-order chi connectivity index (χ1) is 11.2. The van der Waals surface area contributed by atoms with E-state index in [2.05, 4.69) is 22.7 Å². The lowest BCUT2D eigenvalue weighted by molar-refractivity contribution is -0.123. The van der Waals surface area contributed by atoms with Crippen molar-refractivity contribution in [1.29, 1.82) is 0 Å². The molecular formula is C18H17FN2O2. The van der Waals surface area contributed by atoms with Crippen LogP contribution in [0.15, 0.2) is 53.6 Å². The molecule has 0 unspecified atom stereocenters. The van der Waals surface area contributed by atoms with Crippen LogP contribution >= 0.6 is 0 Å². The van der Waals surface area contributed by atoms with Gasteiger partial charge in [0, 0.05) is 12.1 Å². The van der Waals surface area contributed by atoms with E-state index in [1.165, 1.54) is 35.4 Å². The molecule has 4 nitrogen and oxygen atoms in total. The normalized spacial score (nSPS) is 15.1. The van der Waals surface area contributed by atoms with E-state index >= 15 is 0 Å². The van der Waals surface area contributed by atoms with Crippen molar-refractivity contribution < 1.29 is 13.9 Å². The van der Waals surface area contributed by atoms with Gasteiger partial charge in [-0.2, -0.15) is 5.10 Å². The number of amides is 1. The van der Waals surface area contributed by atoms with Crippen molar-refractivity contribution >= 4 is 11.6 Å². The molecule has 0 atom stereocenters. The van der Waals surface area contributed by atoms with Crippen molar-refractivity contribution in [2.24, 2.45) is 5.10 Å². The van der Waals surface area contributed by atoms with Crippen LogP contribution in [0.3, 0.4) is 0 Å². The van der Waals surface area contributed by atoms with Crippen LogP contribution in [-0.4, -0.2) is 18.2 Å². The van der Waals surface area contributed by atoms with Gasteiger partial charge >= 0.3 is 0 Å². The van der Waals surface area contributed by atoms with Crippen molar-refractivity contribution in [3.63, 3.8) is 0 Å². The number of hydrogen-bond acceptors (Lipinski definition) is 3. The molecule has 0 aliphatic heterocycles. The fourth-order valence-corrected chi connectivity index (χ4v) is 2.51. The summed E-state index contributed by atoms with van der Waals surface area (Å²) in [6.07, 6.45) is 2.54. The summed E-state index contributed by atoms with van der Waals surface area (Å²) in [5.41, 5.74) is 6.08. The van der Waals surface area contributed by atoms with E-state index in [4.69, 9.17) is 4.74 Å². The number of hydrogen-bond donors (Lipinski definition) is 1. The SMILES string of the molecule is O=C(COc1ccc(F)cc1)N/N=C1/CCc2ccccc2C1. The van der Waals surface area contributed by atoms with Crippen LogP contribution < -0.4 is 10.2 Å². The van der Waals surface area contributed by atoms with Gasteiger partial charge in [0.05, 0.1) is 0 Å². The lowest BCUT2D eigenvalue weighted by atomic mass is 9.90. The molecule has 1 aliphatic carbocycles. The van der Waals surface area contributed by atoms with Gasteiger partial charge in [-0.05, 0) is 48.2 Å². The standard InChI is InChI=1S/C18H17FN2O2/c19-15-6-9-17(10-7-15)23-12-18(22)21-20-16-8-5-13-3-1-2-4-14(13)11-16/h1-4,6-7,9-10H,5,8,11-12H2,(H,21,22)/b20-16-. The highest BCUT2D eigenvalue weighted by Crippen LogP contribution is 2.19. The molecular weight excluding hydrogens is 295 g/mol. The fourth-order valence-electron chi connectivity index (χ4n) is 2.51. The van der Waals surface area contributed by atoms with Crippen LogP contribution in [0.5, 0.6) is 5.75 Å². The third-order valence-electron chi connectivity index (χ3n) is 3.72. The molecule has 118 valence electrons. The van der Waals surface area contributed by atoms with E-state index in [1.807, 2.05) is 12.1 Å². The first-order valence-electron chi connectivity index (χ1n) is 7.50. The molecule has 3 rings (SSSR count). The highest BCUT2D eigenvalue weighted by Gasteiger charge is 2.13. The number of fused-ring (bicyclic) bond motifs is 1. The Hall–Kier alpha value is -2.69. The number of aryl methyl sites for hydroxylation is 1. The van der Waals surface area contributed by atoms with Gasteiger partial charge in [0.15, 0.2) is 6.61 Å². The van der Waals surface area contributed by atoms with E-state index in [0.29, 0.717) is 5.75 Å². The Balaban J connectivity index is 1.50. The second kappa shape index (κ2) is 7.05. The number of carbonyl (C=O) groups is 1. The van der Waals surface area contributed by atoms with E-state index < -0.39 is 0 Å². The van der Waals surface area contributed by atoms with Crippen molar-refractivity contribution in [3.8, 4) is 5.75 Å². The Labute approximate surface area is 134 Å². The van der Waals surface area contributed by atoms with Gasteiger partial charge in [0.1, 0.15) is 11.6 Å². The summed E-state index contributed by atoms with van der Waals surface area (Å²) in [4.78, 5) is 11.8. The van der Waals surface area contributed by atoms with Crippen LogP contribution in [0.2, 0.25) is 0 Å². The van der Waals surface area contributed by atoms with Crippen molar-refractivity contribution in [2.75, 3.05) is 6.61 Å². The highest BCUT2D eigenvalue weighted by molar-refractivity contribution is 5.90. The molecule has 0 saturated carbocycles. The molecule has 0 saturated heterocycles. The minimum atomic E-state index is -0.342. The number of nitrogens with one attached hydrogen (secondary N) is 1. The Bertz CT molecular complexity index is 726. The highest BCUT2D eigenvalue weighted by atomic mass is 19.1. The van der Waals surface area contributed by atoms with Gasteiger partial charge in [-0.1, -0.05) is 24.3 Å². The molecule has 1 N–H and O–H groups in total. The smallest absolute Gasteiger partial charge is 0.277 e. The average Bonchev–Trinajstić information content (AvgIpc) is 2.59. The van der Waals surface area contributed by atoms with E-state index in [0.717, 1.165) is 25.0 Å². The van der Waals surface area contributed by atoms with Gasteiger partial charge in [-0.3, -0.25) is 4.79 Å². The van der Waals surface area contributed by atoms with Crippen LogP contribution in [0.1, 0.15) is 17.5 Å². The summed E-state index contributed by atoms with van der Waals surface area (Å²) in [7, 11) is 0. The summed E-state index contributed by atoms with van der Waals surface area (Å²) >= 11 is 0. The van der Waals surface area contributed by atoms with Gasteiger partial charge in [0.2, 0.25) is 0 Å². The zero-order chi connectivity index (χ0) is 16.1. The van der Waals surface area contributed by atoms with Gasteiger partial charge in [-0.25, -0.2) is 9.82 Å². The van der Waals surface area contributed by atoms with Crippen molar-refractivity contribution in [1.82, 2.24) is 5.43 Å². The maximum absolute atomic E-state index is 12.8. The number of ether oxygens (including phenoxy) is 1. The maximum Gasteiger partial charge on any atom is 0.277 e. The summed E-state index contributed by atoms with van der Waals surface area (Å²) in [6.45, 7) is -0.154. The zero-order valence-electron chi connectivity index (χ0n) is 12.6. The molecule has 2 aromatic carbocycles. The van der Waals surface area contributed by atoms with Gasteiger partial charge in [0.25, 0.3) is 5.91 Å². The lowest BCUT2D eigenvalue weighted by Crippen LogP contribution is -2.27. The lowest BCUT2D eigenvalue weighted by Gasteiger charge is -2.17. The molecule has 0 fully saturated rings. The minimum Gasteiger partial charge on any atom is -0.484 e. The van der Waals surface area contributed by atoms with Gasteiger partial charge < -0.3 is 4.74 Å². The third kappa shape index (κ3) is 4.16. The first-order valence-corrected chi connectivity index (χ1v) is 7.50. The van der Waals surface area contributed by atoms with Crippen LogP contribution in [0.25, 0.3) is 0 Å². The topological polar surface area (TPSA) is 50.7 Å². The van der Waals surface area contributed by atoms with E-state index in [9.17, 15) is 9.18 Å². The predicted molar refractivity (Wildman–Crippen MR) is 85.9 cm³/mol. The summed E-state index contributed by atoms with van der Waals surface area (Å²) in [5.74, 6) is -0.229.